The number of nitrogens with two attached hydrogens (primary N) is 1. The number of hydrazine groups is 1. The van der Waals surface area contributed by atoms with Gasteiger partial charge in [-0.1, -0.05) is 72.7 Å². The van der Waals surface area contributed by atoms with Gasteiger partial charge >= 0.3 is 0 Å². The van der Waals surface area contributed by atoms with E-state index < -0.39 is 0 Å². The van der Waals surface area contributed by atoms with Crippen molar-refractivity contribution in [1.29, 1.82) is 0 Å². The molecule has 1 atom stereocenters. The van der Waals surface area contributed by atoms with Crippen LogP contribution in [0.1, 0.15) is 65.6 Å². The molecule has 0 heterocycles. The average Bonchev–Trinajstić information content (AvgIpc) is 2.73. The van der Waals surface area contributed by atoms with Crippen molar-refractivity contribution in [1.82, 2.24) is 5.43 Å². The average molecular weight is 274 g/mol. The first-order valence-corrected chi connectivity index (χ1v) is 7.60. The summed E-state index contributed by atoms with van der Waals surface area (Å²) in [4.78, 5) is 0. The highest BCUT2D eigenvalue weighted by molar-refractivity contribution is 5.32. The molecule has 1 saturated carbocycles. The molecule has 0 bridgehead atoms. The van der Waals surface area contributed by atoms with Gasteiger partial charge in [0.1, 0.15) is 0 Å². The normalized spacial score (nSPS) is 22.6. The van der Waals surface area contributed by atoms with Crippen LogP contribution in [0.5, 0.6) is 0 Å². The molecule has 0 aliphatic heterocycles. The second-order valence-corrected chi connectivity index (χ2v) is 8.44. The van der Waals surface area contributed by atoms with Gasteiger partial charge in [-0.25, -0.2) is 0 Å². The van der Waals surface area contributed by atoms with Crippen molar-refractivity contribution in [2.75, 3.05) is 0 Å². The number of hydrogen-bond donors (Lipinski definition) is 2. The minimum atomic E-state index is 0.197. The molecule has 2 nitrogen and oxygen atoms in total. The molecular weight excluding hydrogens is 244 g/mol. The molecule has 1 aromatic rings. The smallest absolute Gasteiger partial charge is 0.0498 e. The Morgan fingerprint density at radius 2 is 1.45 bits per heavy atom. The van der Waals surface area contributed by atoms with E-state index in [1.807, 2.05) is 0 Å². The molecule has 2 heteroatoms. The maximum Gasteiger partial charge on any atom is 0.0498 e. The van der Waals surface area contributed by atoms with Crippen molar-refractivity contribution in [3.8, 4) is 0 Å². The van der Waals surface area contributed by atoms with Crippen molar-refractivity contribution >= 4 is 0 Å². The minimum absolute atomic E-state index is 0.197. The van der Waals surface area contributed by atoms with Crippen LogP contribution in [0, 0.1) is 16.7 Å². The Morgan fingerprint density at radius 3 is 1.75 bits per heavy atom. The van der Waals surface area contributed by atoms with Gasteiger partial charge in [0.05, 0.1) is 0 Å². The number of benzene rings is 1. The van der Waals surface area contributed by atoms with Crippen LogP contribution in [0.3, 0.4) is 0 Å². The molecule has 1 aliphatic rings. The lowest BCUT2D eigenvalue weighted by atomic mass is 9.85. The van der Waals surface area contributed by atoms with Crippen molar-refractivity contribution in [2.45, 2.75) is 59.9 Å². The van der Waals surface area contributed by atoms with Crippen LogP contribution in [0.25, 0.3) is 0 Å². The van der Waals surface area contributed by atoms with Gasteiger partial charge in [0, 0.05) is 6.04 Å². The predicted octanol–water partition coefficient (Wildman–Crippen LogP) is 4.17. The third-order valence-corrected chi connectivity index (χ3v) is 5.78. The monoisotopic (exact) mass is 274 g/mol. The first kappa shape index (κ1) is 15.5. The molecule has 0 saturated heterocycles. The fraction of sp³-hybridized carbons (Fsp3) is 0.667. The molecule has 1 unspecified atom stereocenters. The molecule has 0 aromatic heterocycles. The van der Waals surface area contributed by atoms with E-state index in [1.165, 1.54) is 11.1 Å². The van der Waals surface area contributed by atoms with Crippen LogP contribution in [-0.2, 0) is 5.41 Å². The van der Waals surface area contributed by atoms with E-state index in [2.05, 4.69) is 78.2 Å². The van der Waals surface area contributed by atoms with Gasteiger partial charge < -0.3 is 0 Å². The Bertz CT molecular complexity index is 463. The van der Waals surface area contributed by atoms with Crippen LogP contribution >= 0.6 is 0 Å². The summed E-state index contributed by atoms with van der Waals surface area (Å²) in [6, 6.07) is 9.17. The molecule has 112 valence electrons. The lowest BCUT2D eigenvalue weighted by Gasteiger charge is -2.22. The predicted molar refractivity (Wildman–Crippen MR) is 86.3 cm³/mol. The van der Waals surface area contributed by atoms with Gasteiger partial charge in [-0.2, -0.15) is 0 Å². The first-order valence-electron chi connectivity index (χ1n) is 7.60. The quantitative estimate of drug-likeness (QED) is 0.641. The van der Waals surface area contributed by atoms with Crippen LogP contribution in [0.4, 0.5) is 0 Å². The molecule has 1 aliphatic carbocycles. The molecule has 0 amide bonds. The van der Waals surface area contributed by atoms with Crippen LogP contribution in [0.15, 0.2) is 24.3 Å². The summed E-state index contributed by atoms with van der Waals surface area (Å²) >= 11 is 0. The molecule has 0 spiro atoms. The number of rotatable bonds is 3. The minimum Gasteiger partial charge on any atom is -0.271 e. The van der Waals surface area contributed by atoms with E-state index in [-0.39, 0.29) is 11.5 Å². The van der Waals surface area contributed by atoms with Gasteiger partial charge in [-0.15, -0.1) is 0 Å². The van der Waals surface area contributed by atoms with Gasteiger partial charge in [0.2, 0.25) is 0 Å². The summed E-state index contributed by atoms with van der Waals surface area (Å²) in [6.45, 7) is 16.1. The molecule has 0 radical (unpaired) electrons. The largest absolute Gasteiger partial charge is 0.271 e. The van der Waals surface area contributed by atoms with Gasteiger partial charge in [-0.3, -0.25) is 11.3 Å². The molecule has 1 fully saturated rings. The van der Waals surface area contributed by atoms with Crippen LogP contribution in [-0.4, -0.2) is 0 Å². The zero-order valence-electron chi connectivity index (χ0n) is 14.0. The Balaban J connectivity index is 2.27. The summed E-state index contributed by atoms with van der Waals surface area (Å²) in [7, 11) is 0. The maximum atomic E-state index is 5.86. The van der Waals surface area contributed by atoms with Crippen LogP contribution in [0.2, 0.25) is 0 Å². The lowest BCUT2D eigenvalue weighted by molar-refractivity contribution is 0.417. The lowest BCUT2D eigenvalue weighted by Crippen LogP contribution is -2.31. The summed E-state index contributed by atoms with van der Waals surface area (Å²) in [6.07, 6.45) is 0. The molecular formula is C18H30N2. The summed E-state index contributed by atoms with van der Waals surface area (Å²) in [5.41, 5.74) is 6.56. The maximum absolute atomic E-state index is 5.86. The van der Waals surface area contributed by atoms with Gasteiger partial charge in [0.25, 0.3) is 0 Å². The number of nitrogens with one attached hydrogen (secondary N) is 1. The third kappa shape index (κ3) is 2.29. The van der Waals surface area contributed by atoms with E-state index >= 15 is 0 Å². The molecule has 3 N–H and O–H groups in total. The van der Waals surface area contributed by atoms with E-state index in [0.29, 0.717) is 16.7 Å². The van der Waals surface area contributed by atoms with Crippen molar-refractivity contribution in [2.24, 2.45) is 22.6 Å². The van der Waals surface area contributed by atoms with E-state index in [0.717, 1.165) is 0 Å². The second-order valence-electron chi connectivity index (χ2n) is 8.44. The molecule has 2 rings (SSSR count). The Morgan fingerprint density at radius 1 is 1.00 bits per heavy atom. The third-order valence-electron chi connectivity index (χ3n) is 5.78. The van der Waals surface area contributed by atoms with Crippen molar-refractivity contribution in [3.05, 3.63) is 35.4 Å². The van der Waals surface area contributed by atoms with Crippen molar-refractivity contribution in [3.63, 3.8) is 0 Å². The highest BCUT2D eigenvalue weighted by atomic mass is 15.2. The fourth-order valence-electron chi connectivity index (χ4n) is 3.66. The van der Waals surface area contributed by atoms with Gasteiger partial charge in [0.15, 0.2) is 0 Å². The number of hydrogen-bond acceptors (Lipinski definition) is 2. The van der Waals surface area contributed by atoms with Gasteiger partial charge in [-0.05, 0) is 33.3 Å². The highest BCUT2D eigenvalue weighted by Gasteiger charge is 2.67. The highest BCUT2D eigenvalue weighted by Crippen LogP contribution is 2.72. The Hall–Kier alpha value is -0.860. The summed E-state index contributed by atoms with van der Waals surface area (Å²) in [5.74, 6) is 6.43. The zero-order valence-corrected chi connectivity index (χ0v) is 14.0. The molecule has 20 heavy (non-hydrogen) atoms. The SMILES string of the molecule is CC(C)(C)c1ccc(C(NN)C2C(C)(C)C2(C)C)cc1. The topological polar surface area (TPSA) is 38.0 Å². The van der Waals surface area contributed by atoms with E-state index in [1.54, 1.807) is 0 Å². The Labute approximate surface area is 124 Å². The first-order chi connectivity index (χ1) is 9.03. The van der Waals surface area contributed by atoms with E-state index in [4.69, 9.17) is 5.84 Å². The van der Waals surface area contributed by atoms with Crippen LogP contribution < -0.4 is 11.3 Å². The summed E-state index contributed by atoms with van der Waals surface area (Å²) in [5, 5.41) is 0. The fourth-order valence-corrected chi connectivity index (χ4v) is 3.66. The molecule has 1 aromatic carbocycles. The zero-order chi connectivity index (χ0) is 15.3. The Kier molecular flexibility index (Phi) is 3.55. The summed E-state index contributed by atoms with van der Waals surface area (Å²) < 4.78 is 0. The standard InChI is InChI=1S/C18H30N2/c1-16(2,3)13-10-8-12(9-11-13)14(20-19)15-17(4,5)18(15,6)7/h8-11,14-15,20H,19H2,1-7H3. The van der Waals surface area contributed by atoms with Crippen molar-refractivity contribution < 1.29 is 0 Å². The van der Waals surface area contributed by atoms with E-state index in [9.17, 15) is 0 Å². The second kappa shape index (κ2) is 4.57.